The Bertz CT molecular complexity index is 423. The summed E-state index contributed by atoms with van der Waals surface area (Å²) in [6, 6.07) is 1.57. The third kappa shape index (κ3) is 2.76. The van der Waals surface area contributed by atoms with Crippen molar-refractivity contribution in [3.63, 3.8) is 0 Å². The van der Waals surface area contributed by atoms with E-state index in [1.807, 2.05) is 0 Å². The Morgan fingerprint density at radius 2 is 2.12 bits per heavy atom. The average Bonchev–Trinajstić information content (AvgIpc) is 2.96. The lowest BCUT2D eigenvalue weighted by atomic mass is 10.4. The summed E-state index contributed by atoms with van der Waals surface area (Å²) in [5.41, 5.74) is 0. The van der Waals surface area contributed by atoms with Crippen LogP contribution in [0.2, 0.25) is 0 Å². The number of carboxylic acid groups (broad SMARTS) is 1. The molecular formula is C11H13NO4S. The fourth-order valence-electron chi connectivity index (χ4n) is 1.76. The largest absolute Gasteiger partial charge is 0.482 e. The molecule has 0 spiro atoms. The van der Waals surface area contributed by atoms with E-state index in [1.54, 1.807) is 16.3 Å². The number of likely N-dealkylation sites (tertiary alicyclic amines) is 1. The molecule has 17 heavy (non-hydrogen) atoms. The molecule has 1 N–H and O–H groups in total. The summed E-state index contributed by atoms with van der Waals surface area (Å²) >= 11 is 1.09. The first-order valence-electron chi connectivity index (χ1n) is 5.40. The van der Waals surface area contributed by atoms with Gasteiger partial charge in [-0.05, 0) is 24.3 Å². The molecule has 1 aliphatic heterocycles. The molecule has 1 aliphatic rings. The van der Waals surface area contributed by atoms with Gasteiger partial charge in [-0.3, -0.25) is 4.79 Å². The first-order valence-corrected chi connectivity index (χ1v) is 6.28. The minimum absolute atomic E-state index is 0.0787. The van der Waals surface area contributed by atoms with Crippen LogP contribution < -0.4 is 4.74 Å². The lowest BCUT2D eigenvalue weighted by Gasteiger charge is -2.15. The standard InChI is InChI=1S/C11H13NO4S/c13-9(12-4-1-2-5-12)7-16-8-3-6-17-10(8)11(14)15/h3,6H,1-2,4-5,7H2,(H,14,15). The highest BCUT2D eigenvalue weighted by molar-refractivity contribution is 7.12. The smallest absolute Gasteiger partial charge is 0.349 e. The number of carbonyl (C=O) groups is 2. The van der Waals surface area contributed by atoms with Crippen molar-refractivity contribution in [2.45, 2.75) is 12.8 Å². The second kappa shape index (κ2) is 5.18. The maximum atomic E-state index is 11.7. The van der Waals surface area contributed by atoms with Crippen LogP contribution >= 0.6 is 11.3 Å². The number of amides is 1. The van der Waals surface area contributed by atoms with E-state index >= 15 is 0 Å². The minimum Gasteiger partial charge on any atom is -0.482 e. The monoisotopic (exact) mass is 255 g/mol. The van der Waals surface area contributed by atoms with Gasteiger partial charge in [0.2, 0.25) is 0 Å². The first-order chi connectivity index (χ1) is 8.18. The fourth-order valence-corrected chi connectivity index (χ4v) is 2.44. The van der Waals surface area contributed by atoms with Gasteiger partial charge in [-0.15, -0.1) is 11.3 Å². The topological polar surface area (TPSA) is 66.8 Å². The number of aromatic carboxylic acids is 1. The molecule has 2 heterocycles. The van der Waals surface area contributed by atoms with Crippen LogP contribution in [0.1, 0.15) is 22.5 Å². The second-order valence-electron chi connectivity index (χ2n) is 3.80. The molecule has 5 nitrogen and oxygen atoms in total. The average molecular weight is 255 g/mol. The van der Waals surface area contributed by atoms with E-state index in [9.17, 15) is 9.59 Å². The lowest BCUT2D eigenvalue weighted by molar-refractivity contribution is -0.132. The van der Waals surface area contributed by atoms with Gasteiger partial charge in [0.1, 0.15) is 5.75 Å². The molecular weight excluding hydrogens is 242 g/mol. The molecule has 1 fully saturated rings. The quantitative estimate of drug-likeness (QED) is 0.884. The third-order valence-electron chi connectivity index (χ3n) is 2.63. The third-order valence-corrected chi connectivity index (χ3v) is 3.52. The van der Waals surface area contributed by atoms with Crippen LogP contribution in [0.15, 0.2) is 11.4 Å². The van der Waals surface area contributed by atoms with Gasteiger partial charge < -0.3 is 14.7 Å². The highest BCUT2D eigenvalue weighted by Gasteiger charge is 2.19. The Balaban J connectivity index is 1.90. The van der Waals surface area contributed by atoms with Crippen LogP contribution in [0.3, 0.4) is 0 Å². The van der Waals surface area contributed by atoms with Crippen LogP contribution in [0.4, 0.5) is 0 Å². The highest BCUT2D eigenvalue weighted by Crippen LogP contribution is 2.24. The van der Waals surface area contributed by atoms with E-state index in [0.29, 0.717) is 0 Å². The number of ether oxygens (including phenoxy) is 1. The maximum Gasteiger partial charge on any atom is 0.349 e. The Morgan fingerprint density at radius 1 is 1.41 bits per heavy atom. The minimum atomic E-state index is -1.02. The predicted molar refractivity (Wildman–Crippen MR) is 62.6 cm³/mol. The van der Waals surface area contributed by atoms with Gasteiger partial charge in [0.05, 0.1) is 0 Å². The zero-order chi connectivity index (χ0) is 12.3. The van der Waals surface area contributed by atoms with Crippen LogP contribution in [0.5, 0.6) is 5.75 Å². The summed E-state index contributed by atoms with van der Waals surface area (Å²) in [5.74, 6) is -0.830. The lowest BCUT2D eigenvalue weighted by Crippen LogP contribution is -2.32. The molecule has 1 amide bonds. The molecule has 0 unspecified atom stereocenters. The Labute approximate surface area is 103 Å². The zero-order valence-electron chi connectivity index (χ0n) is 9.22. The summed E-state index contributed by atoms with van der Waals surface area (Å²) in [5, 5.41) is 10.5. The summed E-state index contributed by atoms with van der Waals surface area (Å²) in [4.78, 5) is 24.4. The zero-order valence-corrected chi connectivity index (χ0v) is 10.0. The first kappa shape index (κ1) is 11.9. The molecule has 6 heteroatoms. The van der Waals surface area contributed by atoms with Crippen molar-refractivity contribution in [1.29, 1.82) is 0 Å². The number of carboxylic acids is 1. The fraction of sp³-hybridized carbons (Fsp3) is 0.455. The Morgan fingerprint density at radius 3 is 2.76 bits per heavy atom. The summed E-state index contributed by atoms with van der Waals surface area (Å²) in [6.45, 7) is 1.46. The van der Waals surface area contributed by atoms with E-state index < -0.39 is 5.97 Å². The van der Waals surface area contributed by atoms with Crippen LogP contribution in [-0.4, -0.2) is 41.6 Å². The van der Waals surface area contributed by atoms with E-state index in [1.165, 1.54) is 0 Å². The SMILES string of the molecule is O=C(O)c1sccc1OCC(=O)N1CCCC1. The van der Waals surface area contributed by atoms with Crippen molar-refractivity contribution in [2.75, 3.05) is 19.7 Å². The molecule has 92 valence electrons. The van der Waals surface area contributed by atoms with Crippen molar-refractivity contribution in [3.8, 4) is 5.75 Å². The summed E-state index contributed by atoms with van der Waals surface area (Å²) in [6.07, 6.45) is 2.06. The van der Waals surface area contributed by atoms with Gasteiger partial charge in [0.25, 0.3) is 5.91 Å². The van der Waals surface area contributed by atoms with Crippen molar-refractivity contribution < 1.29 is 19.4 Å². The van der Waals surface area contributed by atoms with Crippen molar-refractivity contribution in [1.82, 2.24) is 4.90 Å². The van der Waals surface area contributed by atoms with Crippen molar-refractivity contribution >= 4 is 23.2 Å². The van der Waals surface area contributed by atoms with Gasteiger partial charge >= 0.3 is 5.97 Å². The molecule has 0 radical (unpaired) electrons. The number of carbonyl (C=O) groups excluding carboxylic acids is 1. The van der Waals surface area contributed by atoms with Gasteiger partial charge in [-0.25, -0.2) is 4.79 Å². The molecule has 0 atom stereocenters. The number of rotatable bonds is 4. The van der Waals surface area contributed by atoms with E-state index in [0.717, 1.165) is 37.3 Å². The number of hydrogen-bond acceptors (Lipinski definition) is 4. The number of thiophene rings is 1. The summed E-state index contributed by atoms with van der Waals surface area (Å²) in [7, 11) is 0. The van der Waals surface area contributed by atoms with Crippen molar-refractivity contribution in [2.24, 2.45) is 0 Å². The molecule has 2 rings (SSSR count). The molecule has 0 aliphatic carbocycles. The predicted octanol–water partition coefficient (Wildman–Crippen LogP) is 1.45. The van der Waals surface area contributed by atoms with Crippen molar-refractivity contribution in [3.05, 3.63) is 16.3 Å². The highest BCUT2D eigenvalue weighted by atomic mass is 32.1. The van der Waals surface area contributed by atoms with Gasteiger partial charge in [-0.2, -0.15) is 0 Å². The number of nitrogens with zero attached hydrogens (tertiary/aromatic N) is 1. The Kier molecular flexibility index (Phi) is 3.63. The molecule has 0 bridgehead atoms. The van der Waals surface area contributed by atoms with E-state index in [4.69, 9.17) is 9.84 Å². The van der Waals surface area contributed by atoms with E-state index in [-0.39, 0.29) is 23.1 Å². The molecule has 0 aromatic carbocycles. The molecule has 1 aromatic rings. The normalized spacial score (nSPS) is 14.9. The van der Waals surface area contributed by atoms with Gasteiger partial charge in [0.15, 0.2) is 11.5 Å². The van der Waals surface area contributed by atoms with Gasteiger partial charge in [0, 0.05) is 13.1 Å². The number of hydrogen-bond donors (Lipinski definition) is 1. The summed E-state index contributed by atoms with van der Waals surface area (Å²) < 4.78 is 5.25. The Hall–Kier alpha value is -1.56. The molecule has 0 saturated carbocycles. The second-order valence-corrected chi connectivity index (χ2v) is 4.71. The molecule has 1 aromatic heterocycles. The van der Waals surface area contributed by atoms with Gasteiger partial charge in [-0.1, -0.05) is 0 Å². The molecule has 1 saturated heterocycles. The van der Waals surface area contributed by atoms with Crippen LogP contribution in [0, 0.1) is 0 Å². The van der Waals surface area contributed by atoms with Crippen LogP contribution in [-0.2, 0) is 4.79 Å². The van der Waals surface area contributed by atoms with E-state index in [2.05, 4.69) is 0 Å². The van der Waals surface area contributed by atoms with Crippen LogP contribution in [0.25, 0.3) is 0 Å². The maximum absolute atomic E-state index is 11.7.